The molecule has 1 atom stereocenters. The summed E-state index contributed by atoms with van der Waals surface area (Å²) in [6.07, 6.45) is 2.13. The van der Waals surface area contributed by atoms with Gasteiger partial charge in [-0.25, -0.2) is 10.1 Å². The van der Waals surface area contributed by atoms with Crippen molar-refractivity contribution < 1.29 is 5.11 Å². The number of benzene rings is 2. The Morgan fingerprint density at radius 1 is 1.10 bits per heavy atom. The van der Waals surface area contributed by atoms with Gasteiger partial charge in [-0.15, -0.1) is 5.10 Å². The summed E-state index contributed by atoms with van der Waals surface area (Å²) >= 11 is 6.36. The molecule has 4 rings (SSSR count). The SMILES string of the molecule is CCCCc1nc(Cl)c(C(C)O)n1-c1ccc(-c2ccccc2-c2nnn[nH]2)cc1.[K]. The Hall–Kier alpha value is -1.39. The number of halogens is 1. The third-order valence-electron chi connectivity index (χ3n) is 5.05. The number of imidazole rings is 1. The molecule has 0 aliphatic heterocycles. The van der Waals surface area contributed by atoms with Crippen LogP contribution >= 0.6 is 11.6 Å². The molecular formula is C22H23ClKN6O. The van der Waals surface area contributed by atoms with E-state index in [0.717, 1.165) is 47.5 Å². The fraction of sp³-hybridized carbons (Fsp3) is 0.273. The zero-order valence-electron chi connectivity index (χ0n) is 17.9. The quantitative estimate of drug-likeness (QED) is 0.398. The fourth-order valence-corrected chi connectivity index (χ4v) is 3.95. The van der Waals surface area contributed by atoms with Crippen molar-refractivity contribution in [3.05, 3.63) is 65.2 Å². The fourth-order valence-electron chi connectivity index (χ4n) is 3.61. The molecule has 0 saturated carbocycles. The summed E-state index contributed by atoms with van der Waals surface area (Å²) in [6.45, 7) is 3.85. The second-order valence-corrected chi connectivity index (χ2v) is 7.52. The Labute approximate surface area is 228 Å². The van der Waals surface area contributed by atoms with Crippen LogP contribution < -0.4 is 0 Å². The Bertz CT molecular complexity index is 1130. The average molecular weight is 462 g/mol. The second kappa shape index (κ2) is 11.0. The van der Waals surface area contributed by atoms with Crippen molar-refractivity contribution in [1.29, 1.82) is 0 Å². The van der Waals surface area contributed by atoms with E-state index in [1.165, 1.54) is 0 Å². The van der Waals surface area contributed by atoms with Gasteiger partial charge in [0.15, 0.2) is 11.0 Å². The van der Waals surface area contributed by atoms with E-state index in [1.54, 1.807) is 6.92 Å². The number of hydrogen-bond acceptors (Lipinski definition) is 5. The molecule has 0 bridgehead atoms. The van der Waals surface area contributed by atoms with Crippen LogP contribution in [-0.2, 0) is 6.42 Å². The first-order chi connectivity index (χ1) is 14.6. The molecule has 9 heteroatoms. The van der Waals surface area contributed by atoms with Crippen molar-refractivity contribution in [2.45, 2.75) is 39.2 Å². The molecular weight excluding hydrogens is 439 g/mol. The second-order valence-electron chi connectivity index (χ2n) is 7.16. The molecule has 0 aliphatic rings. The number of aliphatic hydroxyl groups excluding tert-OH is 1. The van der Waals surface area contributed by atoms with Crippen LogP contribution in [0.15, 0.2) is 48.5 Å². The van der Waals surface area contributed by atoms with Crippen LogP contribution in [-0.4, -0.2) is 86.7 Å². The van der Waals surface area contributed by atoms with E-state index in [4.69, 9.17) is 11.6 Å². The summed E-state index contributed by atoms with van der Waals surface area (Å²) in [5.41, 5.74) is 4.51. The van der Waals surface area contributed by atoms with E-state index in [1.807, 2.05) is 53.1 Å². The standard InChI is InChI=1S/C22H23ClN6O.K/c1-3-4-9-19-24-21(23)20(14(2)30)29(19)16-12-10-15(11-13-16)17-7-5-6-8-18(17)22-25-27-28-26-22;/h5-8,10-14,30H,3-4,9H2,1-2H3,(H,25,26,27,28);. The molecule has 0 spiro atoms. The monoisotopic (exact) mass is 461 g/mol. The number of aliphatic hydroxyl groups is 1. The summed E-state index contributed by atoms with van der Waals surface area (Å²) in [5, 5.41) is 24.9. The van der Waals surface area contributed by atoms with E-state index in [-0.39, 0.29) is 51.4 Å². The molecule has 2 heterocycles. The number of tetrazole rings is 1. The van der Waals surface area contributed by atoms with Crippen molar-refractivity contribution in [3.8, 4) is 28.2 Å². The van der Waals surface area contributed by atoms with Crippen molar-refractivity contribution in [3.63, 3.8) is 0 Å². The topological polar surface area (TPSA) is 92.5 Å². The smallest absolute Gasteiger partial charge is 0.180 e. The van der Waals surface area contributed by atoms with Crippen LogP contribution in [0.25, 0.3) is 28.2 Å². The molecule has 0 fully saturated rings. The number of aromatic amines is 1. The maximum absolute atomic E-state index is 10.3. The molecule has 0 amide bonds. The Morgan fingerprint density at radius 2 is 1.81 bits per heavy atom. The predicted octanol–water partition coefficient (Wildman–Crippen LogP) is 4.39. The first kappa shape index (κ1) is 24.3. The van der Waals surface area contributed by atoms with E-state index in [9.17, 15) is 5.11 Å². The maximum Gasteiger partial charge on any atom is 0.180 e. The number of unbranched alkanes of at least 4 members (excludes halogenated alkanes) is 1. The molecule has 2 aromatic heterocycles. The summed E-state index contributed by atoms with van der Waals surface area (Å²) in [7, 11) is 0. The van der Waals surface area contributed by atoms with Gasteiger partial charge in [0, 0.05) is 69.1 Å². The largest absolute Gasteiger partial charge is 0.387 e. The summed E-state index contributed by atoms with van der Waals surface area (Å²) < 4.78 is 1.97. The number of aromatic nitrogens is 6. The minimum atomic E-state index is -0.722. The first-order valence-electron chi connectivity index (χ1n) is 9.99. The summed E-state index contributed by atoms with van der Waals surface area (Å²) in [5.74, 6) is 1.48. The molecule has 2 aromatic carbocycles. The zero-order chi connectivity index (χ0) is 21.1. The van der Waals surface area contributed by atoms with Gasteiger partial charge in [0.05, 0.1) is 11.8 Å². The van der Waals surface area contributed by atoms with Gasteiger partial charge in [-0.2, -0.15) is 0 Å². The van der Waals surface area contributed by atoms with Gasteiger partial charge >= 0.3 is 0 Å². The van der Waals surface area contributed by atoms with Crippen molar-refractivity contribution in [1.82, 2.24) is 30.2 Å². The molecule has 4 aromatic rings. The summed E-state index contributed by atoms with van der Waals surface area (Å²) in [6, 6.07) is 16.1. The molecule has 0 saturated heterocycles. The molecule has 7 nitrogen and oxygen atoms in total. The number of nitrogens with one attached hydrogen (secondary N) is 1. The zero-order valence-corrected chi connectivity index (χ0v) is 21.8. The van der Waals surface area contributed by atoms with Crippen LogP contribution in [0.5, 0.6) is 0 Å². The van der Waals surface area contributed by atoms with Gasteiger partial charge in [-0.3, -0.25) is 4.57 Å². The number of hydrogen-bond donors (Lipinski definition) is 2. The van der Waals surface area contributed by atoms with Gasteiger partial charge < -0.3 is 5.11 Å². The number of aryl methyl sites for hydroxylation is 1. The number of nitrogens with zero attached hydrogens (tertiary/aromatic N) is 5. The van der Waals surface area contributed by atoms with E-state index in [2.05, 4.69) is 32.5 Å². The van der Waals surface area contributed by atoms with Crippen LogP contribution in [0.4, 0.5) is 0 Å². The molecule has 155 valence electrons. The summed E-state index contributed by atoms with van der Waals surface area (Å²) in [4.78, 5) is 4.52. The third kappa shape index (κ3) is 5.17. The minimum absolute atomic E-state index is 0. The number of rotatable bonds is 7. The third-order valence-corrected chi connectivity index (χ3v) is 5.33. The predicted molar refractivity (Wildman–Crippen MR) is 122 cm³/mol. The minimum Gasteiger partial charge on any atom is -0.387 e. The molecule has 0 aliphatic carbocycles. The maximum atomic E-state index is 10.3. The van der Waals surface area contributed by atoms with E-state index >= 15 is 0 Å². The van der Waals surface area contributed by atoms with Crippen LogP contribution in [0.3, 0.4) is 0 Å². The van der Waals surface area contributed by atoms with E-state index in [0.29, 0.717) is 16.7 Å². The first-order valence-corrected chi connectivity index (χ1v) is 10.4. The van der Waals surface area contributed by atoms with Gasteiger partial charge in [0.2, 0.25) is 0 Å². The average Bonchev–Trinajstić information content (AvgIpc) is 3.40. The van der Waals surface area contributed by atoms with Crippen molar-refractivity contribution in [2.75, 3.05) is 0 Å². The van der Waals surface area contributed by atoms with Gasteiger partial charge in [-0.1, -0.05) is 61.3 Å². The molecule has 1 unspecified atom stereocenters. The molecule has 1 radical (unpaired) electrons. The Kier molecular flexibility index (Phi) is 8.57. The van der Waals surface area contributed by atoms with Gasteiger partial charge in [0.1, 0.15) is 5.82 Å². The van der Waals surface area contributed by atoms with Gasteiger partial charge in [0.25, 0.3) is 0 Å². The molecule has 31 heavy (non-hydrogen) atoms. The van der Waals surface area contributed by atoms with Gasteiger partial charge in [-0.05, 0) is 47.0 Å². The van der Waals surface area contributed by atoms with Crippen LogP contribution in [0, 0.1) is 0 Å². The molecule has 2 N–H and O–H groups in total. The Morgan fingerprint density at radius 3 is 2.42 bits per heavy atom. The van der Waals surface area contributed by atoms with E-state index < -0.39 is 6.10 Å². The number of H-pyrrole nitrogens is 1. The van der Waals surface area contributed by atoms with Crippen LogP contribution in [0.2, 0.25) is 5.15 Å². The van der Waals surface area contributed by atoms with Crippen molar-refractivity contribution >= 4 is 63.0 Å². The van der Waals surface area contributed by atoms with Crippen LogP contribution in [0.1, 0.15) is 44.3 Å². The normalized spacial score (nSPS) is 11.9. The Balaban J connectivity index is 0.00000272. The van der Waals surface area contributed by atoms with Crippen molar-refractivity contribution in [2.24, 2.45) is 0 Å².